The van der Waals surface area contributed by atoms with Crippen LogP contribution < -0.4 is 0 Å². The Morgan fingerprint density at radius 1 is 1.53 bits per heavy atom. The molecule has 0 unspecified atom stereocenters. The lowest BCUT2D eigenvalue weighted by Gasteiger charge is -2.06. The first-order chi connectivity index (χ1) is 7.80. The molecule has 0 atom stereocenters. The molecule has 7 nitrogen and oxygen atoms in total. The van der Waals surface area contributed by atoms with Crippen molar-refractivity contribution in [1.82, 2.24) is 15.0 Å². The summed E-state index contributed by atoms with van der Waals surface area (Å²) >= 11 is 0. The molecule has 96 valence electrons. The molecule has 1 N–H and O–H groups in total. The van der Waals surface area contributed by atoms with Gasteiger partial charge in [-0.15, -0.1) is 5.10 Å². The summed E-state index contributed by atoms with van der Waals surface area (Å²) in [5.41, 5.74) is -0.189. The van der Waals surface area contributed by atoms with Crippen LogP contribution in [0.1, 0.15) is 24.3 Å². The third-order valence-electron chi connectivity index (χ3n) is 1.98. The van der Waals surface area contributed by atoms with Gasteiger partial charge in [0.1, 0.15) is 0 Å². The lowest BCUT2D eigenvalue weighted by molar-refractivity contribution is 0.0690. The lowest BCUT2D eigenvalue weighted by atomic mass is 10.3. The average molecular weight is 261 g/mol. The molecule has 17 heavy (non-hydrogen) atoms. The Kier molecular flexibility index (Phi) is 4.22. The Morgan fingerprint density at radius 3 is 2.65 bits per heavy atom. The van der Waals surface area contributed by atoms with Crippen molar-refractivity contribution >= 4 is 15.8 Å². The molecule has 0 radical (unpaired) electrons. The highest BCUT2D eigenvalue weighted by molar-refractivity contribution is 7.91. The Balaban J connectivity index is 2.58. The van der Waals surface area contributed by atoms with E-state index in [-0.39, 0.29) is 29.7 Å². The largest absolute Gasteiger partial charge is 0.476 e. The lowest BCUT2D eigenvalue weighted by Crippen LogP contribution is -2.19. The minimum atomic E-state index is -3.13. The number of aryl methyl sites for hydroxylation is 1. The normalized spacial score (nSPS) is 11.9. The van der Waals surface area contributed by atoms with Crippen molar-refractivity contribution in [2.45, 2.75) is 20.4 Å². The first-order valence-corrected chi connectivity index (χ1v) is 6.96. The number of carboxylic acid groups (broad SMARTS) is 1. The molecule has 0 fully saturated rings. The highest BCUT2D eigenvalue weighted by Crippen LogP contribution is 2.02. The van der Waals surface area contributed by atoms with Crippen LogP contribution in [0.5, 0.6) is 0 Å². The van der Waals surface area contributed by atoms with Gasteiger partial charge in [0, 0.05) is 0 Å². The Labute approximate surface area is 99.4 Å². The van der Waals surface area contributed by atoms with E-state index in [1.165, 1.54) is 10.9 Å². The zero-order valence-corrected chi connectivity index (χ0v) is 10.5. The van der Waals surface area contributed by atoms with Gasteiger partial charge in [0.05, 0.1) is 24.2 Å². The van der Waals surface area contributed by atoms with Crippen molar-refractivity contribution in [2.24, 2.45) is 5.92 Å². The van der Waals surface area contributed by atoms with E-state index in [0.29, 0.717) is 0 Å². The highest BCUT2D eigenvalue weighted by Gasteiger charge is 2.14. The van der Waals surface area contributed by atoms with Crippen molar-refractivity contribution in [3.05, 3.63) is 11.9 Å². The van der Waals surface area contributed by atoms with Crippen LogP contribution >= 0.6 is 0 Å². The SMILES string of the molecule is CC(C)CS(=O)(=O)CCn1cc(C(=O)O)nn1. The molecule has 0 aliphatic rings. The summed E-state index contributed by atoms with van der Waals surface area (Å²) in [6, 6.07) is 0. The zero-order chi connectivity index (χ0) is 13.1. The van der Waals surface area contributed by atoms with Gasteiger partial charge in [-0.2, -0.15) is 0 Å². The van der Waals surface area contributed by atoms with E-state index in [4.69, 9.17) is 5.11 Å². The van der Waals surface area contributed by atoms with Gasteiger partial charge in [-0.25, -0.2) is 13.2 Å². The molecule has 1 rings (SSSR count). The second-order valence-corrected chi connectivity index (χ2v) is 6.41. The van der Waals surface area contributed by atoms with Gasteiger partial charge in [0.25, 0.3) is 0 Å². The third-order valence-corrected chi connectivity index (χ3v) is 3.96. The Bertz CT molecular complexity index is 492. The van der Waals surface area contributed by atoms with E-state index in [0.717, 1.165) is 0 Å². The molecular weight excluding hydrogens is 246 g/mol. The monoisotopic (exact) mass is 261 g/mol. The number of carboxylic acids is 1. The maximum Gasteiger partial charge on any atom is 0.358 e. The van der Waals surface area contributed by atoms with Crippen LogP contribution in [-0.4, -0.2) is 46.0 Å². The fourth-order valence-corrected chi connectivity index (χ4v) is 2.98. The molecule has 1 heterocycles. The number of hydrogen-bond donors (Lipinski definition) is 1. The molecule has 0 saturated carbocycles. The van der Waals surface area contributed by atoms with Crippen LogP contribution in [0.25, 0.3) is 0 Å². The van der Waals surface area contributed by atoms with Crippen molar-refractivity contribution in [3.8, 4) is 0 Å². The minimum absolute atomic E-state index is 0.0619. The molecule has 1 aromatic heterocycles. The summed E-state index contributed by atoms with van der Waals surface area (Å²) in [5.74, 6) is -1.05. The van der Waals surface area contributed by atoms with Crippen molar-refractivity contribution in [3.63, 3.8) is 0 Å². The fraction of sp³-hybridized carbons (Fsp3) is 0.667. The zero-order valence-electron chi connectivity index (χ0n) is 9.70. The van der Waals surface area contributed by atoms with Gasteiger partial charge >= 0.3 is 5.97 Å². The number of nitrogens with zero attached hydrogens (tertiary/aromatic N) is 3. The van der Waals surface area contributed by atoms with Gasteiger partial charge in [-0.1, -0.05) is 19.1 Å². The topological polar surface area (TPSA) is 102 Å². The Hall–Kier alpha value is -1.44. The molecular formula is C9H15N3O4S. The summed E-state index contributed by atoms with van der Waals surface area (Å²) in [4.78, 5) is 10.5. The number of rotatable bonds is 6. The predicted molar refractivity (Wildman–Crippen MR) is 60.5 cm³/mol. The third kappa shape index (κ3) is 4.51. The van der Waals surface area contributed by atoms with E-state index in [1.54, 1.807) is 0 Å². The van der Waals surface area contributed by atoms with Crippen molar-refractivity contribution in [2.75, 3.05) is 11.5 Å². The maximum absolute atomic E-state index is 11.6. The number of aromatic carboxylic acids is 1. The maximum atomic E-state index is 11.6. The van der Waals surface area contributed by atoms with E-state index in [1.807, 2.05) is 13.8 Å². The molecule has 8 heteroatoms. The van der Waals surface area contributed by atoms with Crippen LogP contribution in [0.3, 0.4) is 0 Å². The van der Waals surface area contributed by atoms with Crippen molar-refractivity contribution in [1.29, 1.82) is 0 Å². The fourth-order valence-electron chi connectivity index (χ4n) is 1.33. The van der Waals surface area contributed by atoms with E-state index in [2.05, 4.69) is 10.3 Å². The molecule has 0 amide bonds. The molecule has 0 aliphatic heterocycles. The molecule has 0 saturated heterocycles. The number of aromatic nitrogens is 3. The summed E-state index contributed by atoms with van der Waals surface area (Å²) in [6.45, 7) is 3.78. The van der Waals surface area contributed by atoms with E-state index < -0.39 is 15.8 Å². The second-order valence-electron chi connectivity index (χ2n) is 4.18. The predicted octanol–water partition coefficient (Wildman–Crippen LogP) is 0.0471. The Morgan fingerprint density at radius 2 is 2.18 bits per heavy atom. The van der Waals surface area contributed by atoms with Crippen molar-refractivity contribution < 1.29 is 18.3 Å². The minimum Gasteiger partial charge on any atom is -0.476 e. The number of hydrogen-bond acceptors (Lipinski definition) is 5. The molecule has 1 aromatic rings. The summed E-state index contributed by atoms with van der Waals surface area (Å²) in [5, 5.41) is 15.5. The standard InChI is InChI=1S/C9H15N3O4S/c1-7(2)6-17(15,16)4-3-12-5-8(9(13)14)10-11-12/h5,7H,3-4,6H2,1-2H3,(H,13,14). The van der Waals surface area contributed by atoms with Gasteiger partial charge in [-0.05, 0) is 5.92 Å². The molecule has 0 aromatic carbocycles. The number of carbonyl (C=O) groups is 1. The van der Waals surface area contributed by atoms with E-state index >= 15 is 0 Å². The first kappa shape index (κ1) is 13.6. The van der Waals surface area contributed by atoms with Gasteiger partial charge in [0.15, 0.2) is 15.5 Å². The summed E-state index contributed by atoms with van der Waals surface area (Å²) in [6.07, 6.45) is 1.22. The van der Waals surface area contributed by atoms with Crippen LogP contribution in [-0.2, 0) is 16.4 Å². The van der Waals surface area contributed by atoms with Crippen LogP contribution in [0, 0.1) is 5.92 Å². The molecule has 0 aliphatic carbocycles. The second kappa shape index (κ2) is 5.26. The average Bonchev–Trinajstić information content (AvgIpc) is 2.61. The quantitative estimate of drug-likeness (QED) is 0.776. The van der Waals surface area contributed by atoms with E-state index in [9.17, 15) is 13.2 Å². The summed E-state index contributed by atoms with van der Waals surface area (Å²) < 4.78 is 24.4. The molecule has 0 bridgehead atoms. The van der Waals surface area contributed by atoms with Gasteiger partial charge in [-0.3, -0.25) is 4.68 Å². The highest BCUT2D eigenvalue weighted by atomic mass is 32.2. The van der Waals surface area contributed by atoms with Gasteiger partial charge < -0.3 is 5.11 Å². The summed E-state index contributed by atoms with van der Waals surface area (Å²) in [7, 11) is -3.13. The van der Waals surface area contributed by atoms with Crippen LogP contribution in [0.2, 0.25) is 0 Å². The molecule has 0 spiro atoms. The van der Waals surface area contributed by atoms with Crippen LogP contribution in [0.15, 0.2) is 6.20 Å². The van der Waals surface area contributed by atoms with Crippen LogP contribution in [0.4, 0.5) is 0 Å². The van der Waals surface area contributed by atoms with Gasteiger partial charge in [0.2, 0.25) is 0 Å². The first-order valence-electron chi connectivity index (χ1n) is 5.14. The smallest absolute Gasteiger partial charge is 0.358 e. The number of sulfone groups is 1.